The Kier molecular flexibility index (Phi) is 12.7. The number of nitrogens with zero attached hydrogens (tertiary/aromatic N) is 5. The molecule has 4 amide bonds. The third-order valence-corrected chi connectivity index (χ3v) is 9.82. The quantitative estimate of drug-likeness (QED) is 0.309. The molecule has 0 radical (unpaired) electrons. The number of hydrogen-bond donors (Lipinski definition) is 1. The number of rotatable bonds is 11. The van der Waals surface area contributed by atoms with Crippen LogP contribution in [0.25, 0.3) is 0 Å². The fourth-order valence-electron chi connectivity index (χ4n) is 6.69. The molecule has 50 heavy (non-hydrogen) atoms. The number of halogens is 1. The Bertz CT molecular complexity index is 1470. The average molecular weight is 697 g/mol. The van der Waals surface area contributed by atoms with Gasteiger partial charge in [0.25, 0.3) is 5.91 Å². The van der Waals surface area contributed by atoms with Gasteiger partial charge in [-0.3, -0.25) is 19.3 Å². The smallest absolute Gasteiger partial charge is 0.410 e. The van der Waals surface area contributed by atoms with Crippen molar-refractivity contribution in [3.05, 3.63) is 53.9 Å². The van der Waals surface area contributed by atoms with Crippen LogP contribution in [0.15, 0.2) is 36.8 Å². The third-order valence-electron chi connectivity index (χ3n) is 9.82. The molecule has 0 spiro atoms. The van der Waals surface area contributed by atoms with Gasteiger partial charge in [-0.25, -0.2) is 14.2 Å². The molecule has 276 valence electrons. The summed E-state index contributed by atoms with van der Waals surface area (Å²) in [4.78, 5) is 63.8. The zero-order chi connectivity index (χ0) is 36.8. The lowest BCUT2D eigenvalue weighted by Crippen LogP contribution is -2.59. The SMILES string of the molecule is C[C@@H](C(=O)N[C@H](C(=O)N1CCC[C@H]1CN(CCc1ccc(F)cc1)C(=O)c1cn(C2CCCCC2)cn1)C(C)(C)C)N(C)C(=O)OC(C)(C)C. The zero-order valence-electron chi connectivity index (χ0n) is 31.2. The third kappa shape index (κ3) is 10.3. The van der Waals surface area contributed by atoms with E-state index < -0.39 is 35.1 Å². The molecule has 12 heteroatoms. The highest BCUT2D eigenvalue weighted by Crippen LogP contribution is 2.29. The first-order chi connectivity index (χ1) is 23.4. The predicted octanol–water partition coefficient (Wildman–Crippen LogP) is 5.99. The number of carbonyl (C=O) groups excluding carboxylic acids is 4. The van der Waals surface area contributed by atoms with Crippen molar-refractivity contribution >= 4 is 23.8 Å². The number of hydrogen-bond acceptors (Lipinski definition) is 6. The predicted molar refractivity (Wildman–Crippen MR) is 190 cm³/mol. The van der Waals surface area contributed by atoms with Crippen molar-refractivity contribution in [3.63, 3.8) is 0 Å². The van der Waals surface area contributed by atoms with Crippen molar-refractivity contribution < 1.29 is 28.3 Å². The molecule has 2 fully saturated rings. The summed E-state index contributed by atoms with van der Waals surface area (Å²) in [6.45, 7) is 13.7. The summed E-state index contributed by atoms with van der Waals surface area (Å²) in [7, 11) is 1.50. The van der Waals surface area contributed by atoms with Crippen molar-refractivity contribution in [2.75, 3.05) is 26.7 Å². The van der Waals surface area contributed by atoms with Gasteiger partial charge in [0.2, 0.25) is 11.8 Å². The van der Waals surface area contributed by atoms with Crippen LogP contribution < -0.4 is 5.32 Å². The van der Waals surface area contributed by atoms with Crippen LogP contribution in [0.1, 0.15) is 116 Å². The van der Waals surface area contributed by atoms with Gasteiger partial charge in [0.05, 0.1) is 6.33 Å². The van der Waals surface area contributed by atoms with E-state index in [9.17, 15) is 23.6 Å². The molecular formula is C38H57FN6O5. The lowest BCUT2D eigenvalue weighted by Gasteiger charge is -2.38. The molecular weight excluding hydrogens is 639 g/mol. The molecule has 0 bridgehead atoms. The van der Waals surface area contributed by atoms with Crippen molar-refractivity contribution in [1.82, 2.24) is 29.6 Å². The molecule has 2 aliphatic rings. The monoisotopic (exact) mass is 696 g/mol. The number of amides is 4. The van der Waals surface area contributed by atoms with Crippen LogP contribution in [-0.2, 0) is 20.7 Å². The Morgan fingerprint density at radius 3 is 2.28 bits per heavy atom. The molecule has 11 nitrogen and oxygen atoms in total. The highest BCUT2D eigenvalue weighted by molar-refractivity contribution is 5.93. The van der Waals surface area contributed by atoms with Gasteiger partial charge in [0.15, 0.2) is 0 Å². The number of imidazole rings is 1. The van der Waals surface area contributed by atoms with Crippen LogP contribution in [0, 0.1) is 11.2 Å². The molecule has 1 saturated heterocycles. The molecule has 2 heterocycles. The van der Waals surface area contributed by atoms with Gasteiger partial charge in [-0.1, -0.05) is 52.2 Å². The average Bonchev–Trinajstić information content (AvgIpc) is 3.74. The van der Waals surface area contributed by atoms with E-state index in [1.807, 2.05) is 27.0 Å². The van der Waals surface area contributed by atoms with Crippen molar-refractivity contribution in [2.45, 2.75) is 130 Å². The molecule has 1 aromatic carbocycles. The summed E-state index contributed by atoms with van der Waals surface area (Å²) in [6.07, 6.45) is 10.6. The second-order valence-corrected chi connectivity index (χ2v) is 16.0. The topological polar surface area (TPSA) is 117 Å². The van der Waals surface area contributed by atoms with Gasteiger partial charge >= 0.3 is 6.09 Å². The maximum Gasteiger partial charge on any atom is 0.410 e. The normalized spacial score (nSPS) is 18.3. The Morgan fingerprint density at radius 2 is 1.66 bits per heavy atom. The summed E-state index contributed by atoms with van der Waals surface area (Å²) in [5.74, 6) is -1.22. The largest absolute Gasteiger partial charge is 0.444 e. The Balaban J connectivity index is 1.51. The Morgan fingerprint density at radius 1 is 1.00 bits per heavy atom. The maximum atomic E-state index is 14.3. The lowest BCUT2D eigenvalue weighted by atomic mass is 9.85. The van der Waals surface area contributed by atoms with E-state index in [1.54, 1.807) is 56.0 Å². The van der Waals surface area contributed by atoms with Gasteiger partial charge < -0.3 is 24.4 Å². The minimum atomic E-state index is -0.884. The van der Waals surface area contributed by atoms with Crippen LogP contribution in [0.5, 0.6) is 0 Å². The molecule has 1 aliphatic heterocycles. The Labute approximate surface area is 296 Å². The second kappa shape index (κ2) is 16.4. The minimum Gasteiger partial charge on any atom is -0.444 e. The lowest BCUT2D eigenvalue weighted by molar-refractivity contribution is -0.141. The summed E-state index contributed by atoms with van der Waals surface area (Å²) < 4.78 is 21.1. The van der Waals surface area contributed by atoms with E-state index in [1.165, 1.54) is 30.5 Å². The molecule has 1 aliphatic carbocycles. The standard InChI is InChI=1S/C38H57FN6O5/c1-26(42(8)36(49)50-38(5,6)7)33(46)41-32(37(2,3)4)35(48)45-21-12-15-30(45)23-43(22-20-27-16-18-28(39)19-17-27)34(47)31-24-44(25-40-31)29-13-10-9-11-14-29/h16-19,24-26,29-30,32H,9-15,20-23H2,1-8H3,(H,41,46)/t26-,30-,32+/m0/s1. The van der Waals surface area contributed by atoms with Gasteiger partial charge in [-0.05, 0) is 82.9 Å². The number of aromatic nitrogens is 2. The van der Waals surface area contributed by atoms with Crippen molar-refractivity contribution in [3.8, 4) is 0 Å². The van der Waals surface area contributed by atoms with Gasteiger partial charge in [-0.15, -0.1) is 0 Å². The van der Waals surface area contributed by atoms with E-state index in [0.717, 1.165) is 37.7 Å². The van der Waals surface area contributed by atoms with Crippen molar-refractivity contribution in [2.24, 2.45) is 5.41 Å². The molecule has 2 aromatic rings. The summed E-state index contributed by atoms with van der Waals surface area (Å²) >= 11 is 0. The summed E-state index contributed by atoms with van der Waals surface area (Å²) in [5.41, 5.74) is -0.0978. The summed E-state index contributed by atoms with van der Waals surface area (Å²) in [6, 6.07) is 4.57. The molecule has 0 unspecified atom stereocenters. The zero-order valence-corrected chi connectivity index (χ0v) is 31.2. The number of ether oxygens (including phenoxy) is 1. The number of benzene rings is 1. The minimum absolute atomic E-state index is 0.208. The number of likely N-dealkylation sites (tertiary alicyclic amines) is 1. The Hall–Kier alpha value is -3.96. The number of nitrogens with one attached hydrogen (secondary N) is 1. The number of likely N-dealkylation sites (N-methyl/N-ethyl adjacent to an activating group) is 1. The first-order valence-corrected chi connectivity index (χ1v) is 18.1. The molecule has 1 aromatic heterocycles. The van der Waals surface area contributed by atoms with Crippen LogP contribution >= 0.6 is 0 Å². The van der Waals surface area contributed by atoms with Gasteiger partial charge in [0.1, 0.15) is 29.2 Å². The summed E-state index contributed by atoms with van der Waals surface area (Å²) in [5, 5.41) is 2.94. The van der Waals surface area contributed by atoms with E-state index >= 15 is 0 Å². The van der Waals surface area contributed by atoms with E-state index in [2.05, 4.69) is 14.9 Å². The van der Waals surface area contributed by atoms with Crippen molar-refractivity contribution in [1.29, 1.82) is 0 Å². The fourth-order valence-corrected chi connectivity index (χ4v) is 6.69. The first-order valence-electron chi connectivity index (χ1n) is 18.1. The highest BCUT2D eigenvalue weighted by Gasteiger charge is 2.41. The van der Waals surface area contributed by atoms with Gasteiger partial charge in [-0.2, -0.15) is 0 Å². The second-order valence-electron chi connectivity index (χ2n) is 16.0. The van der Waals surface area contributed by atoms with Crippen LogP contribution in [0.2, 0.25) is 0 Å². The fraction of sp³-hybridized carbons (Fsp3) is 0.658. The van der Waals surface area contributed by atoms with Crippen LogP contribution in [0.4, 0.5) is 9.18 Å². The molecule has 1 saturated carbocycles. The van der Waals surface area contributed by atoms with Gasteiger partial charge in [0, 0.05) is 45.0 Å². The van der Waals surface area contributed by atoms with E-state index in [-0.39, 0.29) is 23.7 Å². The van der Waals surface area contributed by atoms with Crippen LogP contribution in [-0.4, -0.2) is 98.5 Å². The van der Waals surface area contributed by atoms with E-state index in [0.29, 0.717) is 44.2 Å². The number of carbonyl (C=O) groups is 4. The molecule has 4 rings (SSSR count). The highest BCUT2D eigenvalue weighted by atomic mass is 19.1. The van der Waals surface area contributed by atoms with Crippen LogP contribution in [0.3, 0.4) is 0 Å². The molecule has 1 N–H and O–H groups in total. The molecule has 3 atom stereocenters. The first kappa shape index (κ1) is 38.8. The maximum absolute atomic E-state index is 14.3. The van der Waals surface area contributed by atoms with E-state index in [4.69, 9.17) is 4.74 Å².